The molecule has 0 aliphatic rings. The summed E-state index contributed by atoms with van der Waals surface area (Å²) in [4.78, 5) is 11.1. The normalized spacial score (nSPS) is 11.2. The zero-order valence-corrected chi connectivity index (χ0v) is 16.0. The van der Waals surface area contributed by atoms with E-state index in [1.165, 1.54) is 0 Å². The molecular weight excluding hydrogens is 344 g/mol. The van der Waals surface area contributed by atoms with Gasteiger partial charge in [-0.1, -0.05) is 36.8 Å². The quantitative estimate of drug-likeness (QED) is 0.499. The summed E-state index contributed by atoms with van der Waals surface area (Å²) in [6, 6.07) is 8.52. The molecule has 0 saturated carbocycles. The van der Waals surface area contributed by atoms with E-state index >= 15 is 0 Å². The first-order chi connectivity index (χ1) is 11.5. The van der Waals surface area contributed by atoms with E-state index in [1.807, 2.05) is 20.8 Å². The van der Waals surface area contributed by atoms with Crippen LogP contribution in [0.4, 0.5) is 4.79 Å². The molecule has 0 heterocycles. The third kappa shape index (κ3) is 17.0. The molecule has 144 valence electrons. The number of ether oxygens (including phenoxy) is 1. The summed E-state index contributed by atoms with van der Waals surface area (Å²) in [5.74, 6) is -0.312. The van der Waals surface area contributed by atoms with Crippen molar-refractivity contribution in [2.45, 2.75) is 51.4 Å². The van der Waals surface area contributed by atoms with E-state index in [0.29, 0.717) is 18.7 Å². The molecule has 0 aliphatic heterocycles. The van der Waals surface area contributed by atoms with Gasteiger partial charge in [-0.15, -0.1) is 0 Å². The van der Waals surface area contributed by atoms with Gasteiger partial charge in [0.05, 0.1) is 0 Å². The minimum Gasteiger partial charge on any atom is -0.444 e. The number of alkyl carbamates (subject to hydrolysis) is 1. The van der Waals surface area contributed by atoms with Crippen LogP contribution >= 0.6 is 0 Å². The molecule has 25 heavy (non-hydrogen) atoms. The van der Waals surface area contributed by atoms with Crippen LogP contribution in [-0.4, -0.2) is 37.8 Å². The molecule has 0 aromatic heterocycles. The van der Waals surface area contributed by atoms with Crippen LogP contribution in [0.2, 0.25) is 0 Å². The van der Waals surface area contributed by atoms with Gasteiger partial charge >= 0.3 is 6.09 Å². The van der Waals surface area contributed by atoms with Crippen LogP contribution in [0.1, 0.15) is 45.6 Å². The Bertz CT molecular complexity index is 583. The second-order valence-corrected chi connectivity index (χ2v) is 7.94. The predicted molar refractivity (Wildman–Crippen MR) is 98.8 cm³/mol. The summed E-state index contributed by atoms with van der Waals surface area (Å²) in [5, 5.41) is 2.70. The van der Waals surface area contributed by atoms with Crippen molar-refractivity contribution in [1.29, 1.82) is 0 Å². The molecule has 0 fully saturated rings. The number of carbonyl (C=O) groups is 1. The summed E-state index contributed by atoms with van der Waals surface area (Å²) in [7, 11) is -3.88. The van der Waals surface area contributed by atoms with Crippen LogP contribution in [0.25, 0.3) is 0 Å². The number of hydrogen-bond acceptors (Lipinski definition) is 5. The molecular formula is C17H30N2O5S. The van der Waals surface area contributed by atoms with Crippen molar-refractivity contribution in [3.63, 3.8) is 0 Å². The second-order valence-electron chi connectivity index (χ2n) is 6.49. The topological polar surface area (TPSA) is 119 Å². The molecule has 0 unspecified atom stereocenters. The van der Waals surface area contributed by atoms with Gasteiger partial charge in [-0.3, -0.25) is 4.55 Å². The molecule has 0 atom stereocenters. The molecule has 1 rings (SSSR count). The van der Waals surface area contributed by atoms with Crippen LogP contribution in [-0.2, 0) is 20.6 Å². The zero-order chi connectivity index (χ0) is 19.3. The maximum absolute atomic E-state index is 11.1. The second kappa shape index (κ2) is 11.8. The average molecular weight is 375 g/mol. The summed E-state index contributed by atoms with van der Waals surface area (Å²) >= 11 is 0. The van der Waals surface area contributed by atoms with E-state index in [0.717, 1.165) is 19.3 Å². The van der Waals surface area contributed by atoms with E-state index in [2.05, 4.69) is 5.32 Å². The third-order valence-electron chi connectivity index (χ3n) is 2.74. The Labute approximate surface area is 150 Å². The maximum Gasteiger partial charge on any atom is 0.407 e. The Kier molecular flexibility index (Phi) is 11.1. The van der Waals surface area contributed by atoms with Gasteiger partial charge in [0.1, 0.15) is 11.4 Å². The number of benzene rings is 1. The number of rotatable bonds is 7. The highest BCUT2D eigenvalue weighted by Crippen LogP contribution is 2.06. The largest absolute Gasteiger partial charge is 0.444 e. The highest BCUT2D eigenvalue weighted by molar-refractivity contribution is 7.85. The summed E-state index contributed by atoms with van der Waals surface area (Å²) in [5.41, 5.74) is 5.52. The van der Waals surface area contributed by atoms with Gasteiger partial charge < -0.3 is 15.8 Å². The molecule has 0 saturated heterocycles. The molecule has 0 aliphatic carbocycles. The molecule has 4 N–H and O–H groups in total. The highest BCUT2D eigenvalue weighted by atomic mass is 32.2. The van der Waals surface area contributed by atoms with Gasteiger partial charge in [-0.25, -0.2) is 4.79 Å². The molecule has 1 aromatic rings. The lowest BCUT2D eigenvalue weighted by Gasteiger charge is -2.19. The van der Waals surface area contributed by atoms with Crippen molar-refractivity contribution in [3.05, 3.63) is 35.9 Å². The average Bonchev–Trinajstić information content (AvgIpc) is 2.45. The standard InChI is InChI=1S/C10H22N2O2.C7H8O3S/c1-10(2,3)14-9(13)12-8-6-4-5-7-11;8-11(9,10)6-7-4-2-1-3-5-7/h4-8,11H2,1-3H3,(H,12,13);1-5H,6H2,(H,8,9,10). The van der Waals surface area contributed by atoms with Gasteiger partial charge in [0, 0.05) is 6.54 Å². The number of amides is 1. The van der Waals surface area contributed by atoms with Gasteiger partial charge in [-0.05, 0) is 45.7 Å². The monoisotopic (exact) mass is 374 g/mol. The minimum absolute atomic E-state index is 0.312. The molecule has 8 heteroatoms. The van der Waals surface area contributed by atoms with Gasteiger partial charge in [0.2, 0.25) is 0 Å². The van der Waals surface area contributed by atoms with Crippen molar-refractivity contribution in [1.82, 2.24) is 5.32 Å². The summed E-state index contributed by atoms with van der Waals surface area (Å²) in [6.07, 6.45) is 2.67. The Morgan fingerprint density at radius 3 is 2.24 bits per heavy atom. The molecule has 0 spiro atoms. The maximum atomic E-state index is 11.1. The Balaban J connectivity index is 0.000000472. The van der Waals surface area contributed by atoms with E-state index in [4.69, 9.17) is 15.0 Å². The lowest BCUT2D eigenvalue weighted by molar-refractivity contribution is 0.0527. The number of hydrogen-bond donors (Lipinski definition) is 3. The lowest BCUT2D eigenvalue weighted by Crippen LogP contribution is -2.33. The first-order valence-electron chi connectivity index (χ1n) is 8.19. The van der Waals surface area contributed by atoms with E-state index in [9.17, 15) is 13.2 Å². The fourth-order valence-electron chi connectivity index (χ4n) is 1.74. The van der Waals surface area contributed by atoms with E-state index in [-0.39, 0.29) is 11.8 Å². The molecule has 0 radical (unpaired) electrons. The number of carbonyl (C=O) groups excluding carboxylic acids is 1. The lowest BCUT2D eigenvalue weighted by atomic mass is 10.2. The zero-order valence-electron chi connectivity index (χ0n) is 15.2. The highest BCUT2D eigenvalue weighted by Gasteiger charge is 2.15. The van der Waals surface area contributed by atoms with Crippen molar-refractivity contribution < 1.29 is 22.5 Å². The van der Waals surface area contributed by atoms with Crippen LogP contribution in [0.5, 0.6) is 0 Å². The Morgan fingerprint density at radius 2 is 1.76 bits per heavy atom. The molecule has 7 nitrogen and oxygen atoms in total. The van der Waals surface area contributed by atoms with Gasteiger partial charge in [0.15, 0.2) is 0 Å². The number of nitrogens with one attached hydrogen (secondary N) is 1. The first kappa shape index (κ1) is 23.4. The van der Waals surface area contributed by atoms with E-state index in [1.54, 1.807) is 30.3 Å². The van der Waals surface area contributed by atoms with Crippen LogP contribution in [0.3, 0.4) is 0 Å². The Hall–Kier alpha value is -1.64. The smallest absolute Gasteiger partial charge is 0.407 e. The minimum atomic E-state index is -3.88. The number of unbranched alkanes of at least 4 members (excludes halogenated alkanes) is 2. The third-order valence-corrected chi connectivity index (χ3v) is 3.44. The van der Waals surface area contributed by atoms with Gasteiger partial charge in [0.25, 0.3) is 10.1 Å². The molecule has 0 bridgehead atoms. The molecule has 1 amide bonds. The molecule has 1 aromatic carbocycles. The van der Waals surface area contributed by atoms with Crippen LogP contribution in [0, 0.1) is 0 Å². The van der Waals surface area contributed by atoms with E-state index < -0.39 is 15.7 Å². The van der Waals surface area contributed by atoms with Crippen molar-refractivity contribution >= 4 is 16.2 Å². The first-order valence-corrected chi connectivity index (χ1v) is 9.80. The SMILES string of the molecule is CC(C)(C)OC(=O)NCCCCCN.O=S(=O)(O)Cc1ccccc1. The van der Waals surface area contributed by atoms with Crippen molar-refractivity contribution in [2.24, 2.45) is 5.73 Å². The van der Waals surface area contributed by atoms with Crippen molar-refractivity contribution in [3.8, 4) is 0 Å². The van der Waals surface area contributed by atoms with Crippen LogP contribution < -0.4 is 11.1 Å². The Morgan fingerprint density at radius 1 is 1.16 bits per heavy atom. The fraction of sp³-hybridized carbons (Fsp3) is 0.588. The van der Waals surface area contributed by atoms with Gasteiger partial charge in [-0.2, -0.15) is 8.42 Å². The van der Waals surface area contributed by atoms with Crippen LogP contribution in [0.15, 0.2) is 30.3 Å². The van der Waals surface area contributed by atoms with Crippen molar-refractivity contribution in [2.75, 3.05) is 13.1 Å². The summed E-state index contributed by atoms with van der Waals surface area (Å²) < 4.78 is 34.2. The predicted octanol–water partition coefficient (Wildman–Crippen LogP) is 2.71. The number of nitrogens with two attached hydrogens (primary N) is 1. The summed E-state index contributed by atoms with van der Waals surface area (Å²) in [6.45, 7) is 6.92. The fourth-order valence-corrected chi connectivity index (χ4v) is 2.35.